The van der Waals surface area contributed by atoms with Gasteiger partial charge in [-0.25, -0.2) is 4.39 Å². The van der Waals surface area contributed by atoms with E-state index in [1.54, 1.807) is 13.0 Å². The molecule has 5 nitrogen and oxygen atoms in total. The number of benzene rings is 2. The zero-order chi connectivity index (χ0) is 20.6. The third-order valence-corrected chi connectivity index (χ3v) is 5.28. The number of hydrogen-bond acceptors (Lipinski definition) is 3. The highest BCUT2D eigenvalue weighted by atomic mass is 19.1. The topological polar surface area (TPSA) is 52.7 Å². The molecule has 1 N–H and O–H groups in total. The van der Waals surface area contributed by atoms with Gasteiger partial charge in [0, 0.05) is 25.3 Å². The van der Waals surface area contributed by atoms with E-state index in [9.17, 15) is 14.0 Å². The number of likely N-dealkylation sites (tertiary alicyclic amines) is 1. The molecule has 3 rings (SSSR count). The molecule has 0 aliphatic carbocycles. The summed E-state index contributed by atoms with van der Waals surface area (Å²) in [6.07, 6.45) is 3.73. The van der Waals surface area contributed by atoms with E-state index in [1.165, 1.54) is 47.9 Å². The Morgan fingerprint density at radius 1 is 1.03 bits per heavy atom. The van der Waals surface area contributed by atoms with Crippen LogP contribution in [0.1, 0.15) is 37.3 Å². The van der Waals surface area contributed by atoms with Crippen LogP contribution in [0.2, 0.25) is 0 Å². The highest BCUT2D eigenvalue weighted by molar-refractivity contribution is 6.40. The summed E-state index contributed by atoms with van der Waals surface area (Å²) in [4.78, 5) is 28.8. The SMILES string of the molecule is CCN(C(=O)C(=O)NCc1ccccc1CN1CCCCC1)c1cccc(F)c1. The van der Waals surface area contributed by atoms with Gasteiger partial charge >= 0.3 is 11.8 Å². The average molecular weight is 397 g/mol. The molecule has 1 fully saturated rings. The lowest BCUT2D eigenvalue weighted by molar-refractivity contribution is -0.137. The Morgan fingerprint density at radius 2 is 1.76 bits per heavy atom. The molecule has 6 heteroatoms. The minimum absolute atomic E-state index is 0.279. The monoisotopic (exact) mass is 397 g/mol. The Hall–Kier alpha value is -2.73. The van der Waals surface area contributed by atoms with Crippen molar-refractivity contribution in [3.63, 3.8) is 0 Å². The van der Waals surface area contributed by atoms with Crippen molar-refractivity contribution in [2.75, 3.05) is 24.5 Å². The summed E-state index contributed by atoms with van der Waals surface area (Å²) in [5.41, 5.74) is 2.55. The molecular weight excluding hydrogens is 369 g/mol. The number of carbonyl (C=O) groups excluding carboxylic acids is 2. The van der Waals surface area contributed by atoms with Gasteiger partial charge in [-0.3, -0.25) is 14.5 Å². The number of piperidine rings is 1. The maximum Gasteiger partial charge on any atom is 0.316 e. The standard InChI is InChI=1S/C23H28FN3O2/c1-2-27(21-12-8-11-20(24)15-21)23(29)22(28)25-16-18-9-4-5-10-19(18)17-26-13-6-3-7-14-26/h4-5,8-12,15H,2-3,6-7,13-14,16-17H2,1H3,(H,25,28). The van der Waals surface area contributed by atoms with Gasteiger partial charge in [-0.2, -0.15) is 0 Å². The second-order valence-corrected chi connectivity index (χ2v) is 7.32. The number of hydrogen-bond donors (Lipinski definition) is 1. The number of nitrogens with one attached hydrogen (secondary N) is 1. The maximum absolute atomic E-state index is 13.5. The van der Waals surface area contributed by atoms with Crippen molar-refractivity contribution >= 4 is 17.5 Å². The quantitative estimate of drug-likeness (QED) is 0.760. The molecule has 0 spiro atoms. The molecule has 29 heavy (non-hydrogen) atoms. The fourth-order valence-electron chi connectivity index (χ4n) is 3.70. The van der Waals surface area contributed by atoms with Crippen molar-refractivity contribution in [3.05, 3.63) is 65.5 Å². The number of nitrogens with zero attached hydrogens (tertiary/aromatic N) is 2. The molecule has 2 aromatic rings. The maximum atomic E-state index is 13.5. The molecule has 0 atom stereocenters. The van der Waals surface area contributed by atoms with Crippen molar-refractivity contribution in [1.29, 1.82) is 0 Å². The van der Waals surface area contributed by atoms with Gasteiger partial charge in [-0.05, 0) is 62.2 Å². The number of halogens is 1. The van der Waals surface area contributed by atoms with Crippen LogP contribution in [0.3, 0.4) is 0 Å². The summed E-state index contributed by atoms with van der Waals surface area (Å²) in [5.74, 6) is -1.82. The van der Waals surface area contributed by atoms with Gasteiger partial charge in [0.2, 0.25) is 0 Å². The Kier molecular flexibility index (Phi) is 7.36. The van der Waals surface area contributed by atoms with E-state index in [-0.39, 0.29) is 13.1 Å². The first-order valence-electron chi connectivity index (χ1n) is 10.2. The van der Waals surface area contributed by atoms with E-state index in [4.69, 9.17) is 0 Å². The molecule has 0 bridgehead atoms. The van der Waals surface area contributed by atoms with Gasteiger partial charge in [0.15, 0.2) is 0 Å². The average Bonchev–Trinajstić information content (AvgIpc) is 2.74. The van der Waals surface area contributed by atoms with Gasteiger partial charge in [-0.1, -0.05) is 36.8 Å². The van der Waals surface area contributed by atoms with Crippen molar-refractivity contribution in [2.45, 2.75) is 39.3 Å². The fraction of sp³-hybridized carbons (Fsp3) is 0.391. The number of anilines is 1. The van der Waals surface area contributed by atoms with Gasteiger partial charge in [-0.15, -0.1) is 0 Å². The van der Waals surface area contributed by atoms with Crippen molar-refractivity contribution in [3.8, 4) is 0 Å². The molecule has 0 unspecified atom stereocenters. The van der Waals surface area contributed by atoms with Crippen LogP contribution >= 0.6 is 0 Å². The number of likely N-dealkylation sites (N-methyl/N-ethyl adjacent to an activating group) is 1. The van der Waals surface area contributed by atoms with Crippen LogP contribution in [0.5, 0.6) is 0 Å². The van der Waals surface area contributed by atoms with Crippen molar-refractivity contribution in [2.24, 2.45) is 0 Å². The van der Waals surface area contributed by atoms with E-state index in [1.807, 2.05) is 18.2 Å². The molecule has 1 aliphatic rings. The summed E-state index contributed by atoms with van der Waals surface area (Å²) < 4.78 is 13.5. The molecule has 1 saturated heterocycles. The van der Waals surface area contributed by atoms with Gasteiger partial charge in [0.25, 0.3) is 0 Å². The zero-order valence-electron chi connectivity index (χ0n) is 16.9. The summed E-state index contributed by atoms with van der Waals surface area (Å²) in [6, 6.07) is 13.7. The Balaban J connectivity index is 1.63. The van der Waals surface area contributed by atoms with Crippen molar-refractivity contribution < 1.29 is 14.0 Å². The third kappa shape index (κ3) is 5.64. The molecule has 0 radical (unpaired) electrons. The largest absolute Gasteiger partial charge is 0.344 e. The predicted molar refractivity (Wildman–Crippen MR) is 112 cm³/mol. The first kappa shape index (κ1) is 21.0. The minimum Gasteiger partial charge on any atom is -0.344 e. The highest BCUT2D eigenvalue weighted by Crippen LogP contribution is 2.17. The van der Waals surface area contributed by atoms with E-state index >= 15 is 0 Å². The third-order valence-electron chi connectivity index (χ3n) is 5.28. The molecule has 0 saturated carbocycles. The lowest BCUT2D eigenvalue weighted by Gasteiger charge is -2.27. The van der Waals surface area contributed by atoms with Gasteiger partial charge < -0.3 is 10.2 Å². The van der Waals surface area contributed by atoms with Crippen LogP contribution in [-0.4, -0.2) is 36.3 Å². The number of rotatable bonds is 6. The summed E-state index contributed by atoms with van der Waals surface area (Å²) in [5, 5.41) is 2.73. The molecule has 2 aromatic carbocycles. The Labute approximate surface area is 171 Å². The second kappa shape index (κ2) is 10.2. The number of carbonyl (C=O) groups is 2. The molecule has 2 amide bonds. The first-order valence-corrected chi connectivity index (χ1v) is 10.2. The van der Waals surface area contributed by atoms with Crippen LogP contribution < -0.4 is 10.2 Å². The van der Waals surface area contributed by atoms with Crippen LogP contribution in [0.15, 0.2) is 48.5 Å². The van der Waals surface area contributed by atoms with E-state index in [2.05, 4.69) is 16.3 Å². The van der Waals surface area contributed by atoms with Gasteiger partial charge in [0.05, 0.1) is 0 Å². The molecule has 1 heterocycles. The van der Waals surface area contributed by atoms with E-state index in [0.29, 0.717) is 5.69 Å². The van der Waals surface area contributed by atoms with E-state index < -0.39 is 17.6 Å². The molecule has 154 valence electrons. The first-order chi connectivity index (χ1) is 14.1. The van der Waals surface area contributed by atoms with Crippen molar-refractivity contribution in [1.82, 2.24) is 10.2 Å². The number of amides is 2. The van der Waals surface area contributed by atoms with E-state index in [0.717, 1.165) is 25.2 Å². The Morgan fingerprint density at radius 3 is 2.45 bits per heavy atom. The summed E-state index contributed by atoms with van der Waals surface area (Å²) in [7, 11) is 0. The molecular formula is C23H28FN3O2. The summed E-state index contributed by atoms with van der Waals surface area (Å²) in [6.45, 7) is 5.36. The van der Waals surface area contributed by atoms with Crippen LogP contribution in [0.4, 0.5) is 10.1 Å². The van der Waals surface area contributed by atoms with Crippen LogP contribution in [-0.2, 0) is 22.7 Å². The Bertz CT molecular complexity index is 850. The van der Waals surface area contributed by atoms with Gasteiger partial charge in [0.1, 0.15) is 5.82 Å². The molecule has 1 aliphatic heterocycles. The predicted octanol–water partition coefficient (Wildman–Crippen LogP) is 3.48. The van der Waals surface area contributed by atoms with Crippen LogP contribution in [0, 0.1) is 5.82 Å². The lowest BCUT2D eigenvalue weighted by Crippen LogP contribution is -2.43. The normalized spacial score (nSPS) is 14.4. The molecule has 0 aromatic heterocycles. The van der Waals surface area contributed by atoms with Crippen LogP contribution in [0.25, 0.3) is 0 Å². The fourth-order valence-corrected chi connectivity index (χ4v) is 3.70. The minimum atomic E-state index is -0.691. The summed E-state index contributed by atoms with van der Waals surface area (Å²) >= 11 is 0. The lowest BCUT2D eigenvalue weighted by atomic mass is 10.0. The smallest absolute Gasteiger partial charge is 0.316 e. The zero-order valence-corrected chi connectivity index (χ0v) is 16.9. The highest BCUT2D eigenvalue weighted by Gasteiger charge is 2.22. The second-order valence-electron chi connectivity index (χ2n) is 7.32.